The van der Waals surface area contributed by atoms with Crippen molar-refractivity contribution in [1.82, 2.24) is 0 Å². The van der Waals surface area contributed by atoms with Crippen molar-refractivity contribution in [3.8, 4) is 5.75 Å². The standard InChI is InChI=1S/C15H14ClNO5S/c1-21-12-6-4-11(5-7-12)17-23(19,20)14-9-10(15(18)22-2)3-8-13(14)16/h3-9,17H,1-2H3. The predicted octanol–water partition coefficient (Wildman–Crippen LogP) is 2.94. The molecule has 0 aliphatic carbocycles. The summed E-state index contributed by atoms with van der Waals surface area (Å²) in [5.74, 6) is -0.0544. The number of halogens is 1. The fourth-order valence-electron chi connectivity index (χ4n) is 1.82. The van der Waals surface area contributed by atoms with Gasteiger partial charge in [-0.15, -0.1) is 0 Å². The predicted molar refractivity (Wildman–Crippen MR) is 86.6 cm³/mol. The van der Waals surface area contributed by atoms with Crippen LogP contribution < -0.4 is 9.46 Å². The molecule has 0 heterocycles. The van der Waals surface area contributed by atoms with Crippen LogP contribution in [0.2, 0.25) is 5.02 Å². The number of benzene rings is 2. The number of anilines is 1. The first-order valence-corrected chi connectivity index (χ1v) is 8.28. The lowest BCUT2D eigenvalue weighted by atomic mass is 10.2. The van der Waals surface area contributed by atoms with Crippen LogP contribution in [0.3, 0.4) is 0 Å². The number of rotatable bonds is 5. The molecule has 0 unspecified atom stereocenters. The van der Waals surface area contributed by atoms with Crippen molar-refractivity contribution in [3.63, 3.8) is 0 Å². The van der Waals surface area contributed by atoms with Gasteiger partial charge in [0, 0.05) is 5.69 Å². The fourth-order valence-corrected chi connectivity index (χ4v) is 3.41. The lowest BCUT2D eigenvalue weighted by Gasteiger charge is -2.11. The fraction of sp³-hybridized carbons (Fsp3) is 0.133. The maximum absolute atomic E-state index is 12.5. The quantitative estimate of drug-likeness (QED) is 0.834. The number of esters is 1. The molecular weight excluding hydrogens is 342 g/mol. The Morgan fingerprint density at radius 3 is 2.30 bits per heavy atom. The molecule has 2 aromatic rings. The number of methoxy groups -OCH3 is 2. The average molecular weight is 356 g/mol. The van der Waals surface area contributed by atoms with Gasteiger partial charge >= 0.3 is 5.97 Å². The zero-order chi connectivity index (χ0) is 17.0. The number of carbonyl (C=O) groups is 1. The highest BCUT2D eigenvalue weighted by Gasteiger charge is 2.20. The van der Waals surface area contributed by atoms with Gasteiger partial charge in [0.05, 0.1) is 24.8 Å². The molecule has 6 nitrogen and oxygen atoms in total. The lowest BCUT2D eigenvalue weighted by Crippen LogP contribution is -2.14. The first-order chi connectivity index (χ1) is 10.9. The van der Waals surface area contributed by atoms with Crippen LogP contribution in [0.5, 0.6) is 5.75 Å². The number of carbonyl (C=O) groups excluding carboxylic acids is 1. The molecule has 0 bridgehead atoms. The summed E-state index contributed by atoms with van der Waals surface area (Å²) in [6, 6.07) is 10.2. The first kappa shape index (κ1) is 17.1. The Hall–Kier alpha value is -2.25. The minimum Gasteiger partial charge on any atom is -0.497 e. The van der Waals surface area contributed by atoms with E-state index in [1.54, 1.807) is 24.3 Å². The second-order valence-corrected chi connectivity index (χ2v) is 6.53. The Morgan fingerprint density at radius 1 is 1.09 bits per heavy atom. The van der Waals surface area contributed by atoms with Gasteiger partial charge in [0.25, 0.3) is 10.0 Å². The molecule has 1 N–H and O–H groups in total. The van der Waals surface area contributed by atoms with Gasteiger partial charge in [-0.3, -0.25) is 4.72 Å². The van der Waals surface area contributed by atoms with E-state index in [9.17, 15) is 13.2 Å². The lowest BCUT2D eigenvalue weighted by molar-refractivity contribution is 0.0600. The molecule has 0 aromatic heterocycles. The second-order valence-electron chi connectivity index (χ2n) is 4.47. The Kier molecular flexibility index (Phi) is 5.12. The molecule has 0 saturated heterocycles. The van der Waals surface area contributed by atoms with Crippen LogP contribution in [0.15, 0.2) is 47.4 Å². The Morgan fingerprint density at radius 2 is 1.74 bits per heavy atom. The van der Waals surface area contributed by atoms with Crippen LogP contribution in [0.1, 0.15) is 10.4 Å². The summed E-state index contributed by atoms with van der Waals surface area (Å²) in [5, 5.41) is -0.00124. The Bertz CT molecular complexity index is 818. The summed E-state index contributed by atoms with van der Waals surface area (Å²) in [5.41, 5.74) is 0.428. The topological polar surface area (TPSA) is 81.7 Å². The molecule has 2 rings (SSSR count). The largest absolute Gasteiger partial charge is 0.497 e. The maximum atomic E-state index is 12.5. The normalized spacial score (nSPS) is 10.9. The van der Waals surface area contributed by atoms with Crippen molar-refractivity contribution in [3.05, 3.63) is 53.1 Å². The van der Waals surface area contributed by atoms with Crippen molar-refractivity contribution in [1.29, 1.82) is 0 Å². The maximum Gasteiger partial charge on any atom is 0.337 e. The van der Waals surface area contributed by atoms with Gasteiger partial charge in [0.2, 0.25) is 0 Å². The van der Waals surface area contributed by atoms with Crippen LogP contribution in [0.4, 0.5) is 5.69 Å². The zero-order valence-electron chi connectivity index (χ0n) is 12.4. The third-order valence-corrected chi connectivity index (χ3v) is 4.85. The molecule has 0 amide bonds. The summed E-state index contributed by atoms with van der Waals surface area (Å²) >= 11 is 5.95. The third-order valence-electron chi connectivity index (χ3n) is 2.98. The third kappa shape index (κ3) is 3.94. The van der Waals surface area contributed by atoms with Gasteiger partial charge in [0.1, 0.15) is 10.6 Å². The number of nitrogens with one attached hydrogen (secondary N) is 1. The van der Waals surface area contributed by atoms with Crippen LogP contribution in [0.25, 0.3) is 0 Å². The van der Waals surface area contributed by atoms with Crippen LogP contribution >= 0.6 is 11.6 Å². The summed E-state index contributed by atoms with van der Waals surface area (Å²) in [7, 11) is -1.24. The minimum atomic E-state index is -3.96. The Labute approximate surface area is 139 Å². The van der Waals surface area contributed by atoms with Crippen molar-refractivity contribution < 1.29 is 22.7 Å². The molecule has 23 heavy (non-hydrogen) atoms. The van der Waals surface area contributed by atoms with Gasteiger partial charge < -0.3 is 9.47 Å². The summed E-state index contributed by atoms with van der Waals surface area (Å²) in [6.07, 6.45) is 0. The number of ether oxygens (including phenoxy) is 2. The van der Waals surface area contributed by atoms with E-state index in [2.05, 4.69) is 9.46 Å². The zero-order valence-corrected chi connectivity index (χ0v) is 13.9. The van der Waals surface area contributed by atoms with E-state index in [0.717, 1.165) is 0 Å². The van der Waals surface area contributed by atoms with Gasteiger partial charge in [0.15, 0.2) is 0 Å². The summed E-state index contributed by atoms with van der Waals surface area (Å²) in [6.45, 7) is 0. The average Bonchev–Trinajstić information content (AvgIpc) is 2.54. The minimum absolute atomic E-state index is 0.00124. The van der Waals surface area contributed by atoms with E-state index in [1.165, 1.54) is 32.4 Å². The van der Waals surface area contributed by atoms with E-state index < -0.39 is 16.0 Å². The van der Waals surface area contributed by atoms with Gasteiger partial charge in [-0.2, -0.15) is 0 Å². The molecule has 0 radical (unpaired) electrons. The van der Waals surface area contributed by atoms with Crippen LogP contribution in [-0.4, -0.2) is 28.6 Å². The first-order valence-electron chi connectivity index (χ1n) is 6.42. The monoisotopic (exact) mass is 355 g/mol. The van der Waals surface area contributed by atoms with Crippen molar-refractivity contribution >= 4 is 33.3 Å². The van der Waals surface area contributed by atoms with Crippen molar-refractivity contribution in [2.75, 3.05) is 18.9 Å². The van der Waals surface area contributed by atoms with Gasteiger partial charge in [-0.25, -0.2) is 13.2 Å². The Balaban J connectivity index is 2.36. The van der Waals surface area contributed by atoms with E-state index in [-0.39, 0.29) is 15.5 Å². The van der Waals surface area contributed by atoms with E-state index in [4.69, 9.17) is 16.3 Å². The molecule has 0 aliphatic heterocycles. The molecule has 8 heteroatoms. The van der Waals surface area contributed by atoms with E-state index in [1.807, 2.05) is 0 Å². The highest BCUT2D eigenvalue weighted by Crippen LogP contribution is 2.26. The highest BCUT2D eigenvalue weighted by molar-refractivity contribution is 7.92. The number of hydrogen-bond acceptors (Lipinski definition) is 5. The second kappa shape index (κ2) is 6.89. The highest BCUT2D eigenvalue weighted by atomic mass is 35.5. The van der Waals surface area contributed by atoms with Gasteiger partial charge in [-0.05, 0) is 42.5 Å². The van der Waals surface area contributed by atoms with Crippen LogP contribution in [-0.2, 0) is 14.8 Å². The summed E-state index contributed by atoms with van der Waals surface area (Å²) in [4.78, 5) is 11.3. The molecule has 0 atom stereocenters. The van der Waals surface area contributed by atoms with Crippen molar-refractivity contribution in [2.45, 2.75) is 4.90 Å². The molecule has 0 aliphatic rings. The molecular formula is C15H14ClNO5S. The van der Waals surface area contributed by atoms with Gasteiger partial charge in [-0.1, -0.05) is 11.6 Å². The SMILES string of the molecule is COC(=O)c1ccc(Cl)c(S(=O)(=O)Nc2ccc(OC)cc2)c1. The molecule has 122 valence electrons. The van der Waals surface area contributed by atoms with E-state index >= 15 is 0 Å². The summed E-state index contributed by atoms with van der Waals surface area (Å²) < 4.78 is 36.9. The molecule has 0 fully saturated rings. The van der Waals surface area contributed by atoms with Crippen molar-refractivity contribution in [2.24, 2.45) is 0 Å². The smallest absolute Gasteiger partial charge is 0.337 e. The number of sulfonamides is 1. The molecule has 2 aromatic carbocycles. The van der Waals surface area contributed by atoms with E-state index in [0.29, 0.717) is 11.4 Å². The van der Waals surface area contributed by atoms with Crippen LogP contribution in [0, 0.1) is 0 Å². The molecule has 0 spiro atoms. The number of hydrogen-bond donors (Lipinski definition) is 1. The molecule has 0 saturated carbocycles.